The van der Waals surface area contributed by atoms with Crippen molar-refractivity contribution >= 4 is 0 Å². The van der Waals surface area contributed by atoms with E-state index in [1.165, 1.54) is 0 Å². The van der Waals surface area contributed by atoms with E-state index in [9.17, 15) is 0 Å². The highest BCUT2D eigenvalue weighted by molar-refractivity contribution is 4.71. The van der Waals surface area contributed by atoms with Gasteiger partial charge >= 0.3 is 0 Å². The molecule has 3 heteroatoms. The molecule has 0 saturated carbocycles. The summed E-state index contributed by atoms with van der Waals surface area (Å²) >= 11 is 0. The van der Waals surface area contributed by atoms with Gasteiger partial charge in [0, 0.05) is 19.1 Å². The van der Waals surface area contributed by atoms with Gasteiger partial charge in [0.2, 0.25) is 0 Å². The zero-order chi connectivity index (χ0) is 8.10. The molecule has 0 spiro atoms. The van der Waals surface area contributed by atoms with Gasteiger partial charge in [-0.15, -0.1) is 0 Å². The molecular weight excluding hydrogens is 142 g/mol. The molecule has 1 atom stereocenters. The number of hydrogen-bond donors (Lipinski definition) is 1. The Balaban J connectivity index is 2.30. The summed E-state index contributed by atoms with van der Waals surface area (Å²) in [5.74, 6) is 0. The number of nitrogens with zero attached hydrogens (tertiary/aromatic N) is 1. The summed E-state index contributed by atoms with van der Waals surface area (Å²) in [5, 5.41) is 9.00. The van der Waals surface area contributed by atoms with Crippen molar-refractivity contribution in [1.29, 1.82) is 0 Å². The molecule has 0 amide bonds. The average molecular weight is 159 g/mol. The second-order valence-corrected chi connectivity index (χ2v) is 2.89. The fraction of sp³-hybridized carbons (Fsp3) is 1.00. The highest BCUT2D eigenvalue weighted by Gasteiger charge is 2.17. The molecule has 3 nitrogen and oxygen atoms in total. The van der Waals surface area contributed by atoms with Crippen LogP contribution >= 0.6 is 0 Å². The lowest BCUT2D eigenvalue weighted by molar-refractivity contribution is 0.00242. The van der Waals surface area contributed by atoms with Crippen molar-refractivity contribution in [1.82, 2.24) is 4.90 Å². The van der Waals surface area contributed by atoms with E-state index in [0.717, 1.165) is 32.7 Å². The Labute approximate surface area is 68.0 Å². The normalized spacial score (nSPS) is 23.5. The minimum atomic E-state index is 0.274. The highest BCUT2D eigenvalue weighted by Crippen LogP contribution is 2.05. The molecule has 0 radical (unpaired) electrons. The smallest absolute Gasteiger partial charge is 0.0594 e. The topological polar surface area (TPSA) is 32.7 Å². The predicted molar refractivity (Wildman–Crippen MR) is 43.6 cm³/mol. The van der Waals surface area contributed by atoms with Gasteiger partial charge < -0.3 is 9.84 Å². The number of rotatable bonds is 3. The van der Waals surface area contributed by atoms with E-state index in [4.69, 9.17) is 9.84 Å². The molecule has 1 N–H and O–H groups in total. The van der Waals surface area contributed by atoms with Crippen LogP contribution in [0.1, 0.15) is 13.3 Å². The van der Waals surface area contributed by atoms with Gasteiger partial charge in [0.15, 0.2) is 0 Å². The molecule has 0 aromatic carbocycles. The minimum absolute atomic E-state index is 0.274. The monoisotopic (exact) mass is 159 g/mol. The Kier molecular flexibility index (Phi) is 3.83. The zero-order valence-electron chi connectivity index (χ0n) is 7.12. The van der Waals surface area contributed by atoms with Crippen LogP contribution in [0.25, 0.3) is 0 Å². The van der Waals surface area contributed by atoms with Gasteiger partial charge in [-0.05, 0) is 6.42 Å². The number of aliphatic hydroxyl groups is 1. The molecule has 0 aromatic heterocycles. The predicted octanol–water partition coefficient (Wildman–Crippen LogP) is 0.0895. The summed E-state index contributed by atoms with van der Waals surface area (Å²) in [6.45, 7) is 5.96. The fourth-order valence-corrected chi connectivity index (χ4v) is 1.45. The third-order valence-corrected chi connectivity index (χ3v) is 2.24. The average Bonchev–Trinajstić information content (AvgIpc) is 2.09. The van der Waals surface area contributed by atoms with E-state index < -0.39 is 0 Å². The van der Waals surface area contributed by atoms with E-state index in [0.29, 0.717) is 6.04 Å². The van der Waals surface area contributed by atoms with Crippen molar-refractivity contribution in [2.45, 2.75) is 19.4 Å². The third kappa shape index (κ3) is 2.43. The van der Waals surface area contributed by atoms with Gasteiger partial charge in [-0.3, -0.25) is 4.90 Å². The fourth-order valence-electron chi connectivity index (χ4n) is 1.45. The summed E-state index contributed by atoms with van der Waals surface area (Å²) in [4.78, 5) is 2.30. The molecular formula is C8H17NO2. The number of morpholine rings is 1. The van der Waals surface area contributed by atoms with Gasteiger partial charge in [-0.25, -0.2) is 0 Å². The molecule has 1 saturated heterocycles. The number of hydrogen-bond acceptors (Lipinski definition) is 3. The van der Waals surface area contributed by atoms with Crippen molar-refractivity contribution < 1.29 is 9.84 Å². The van der Waals surface area contributed by atoms with E-state index >= 15 is 0 Å². The maximum atomic E-state index is 9.00. The Morgan fingerprint density at radius 3 is 2.55 bits per heavy atom. The van der Waals surface area contributed by atoms with E-state index in [-0.39, 0.29) is 6.61 Å². The first kappa shape index (κ1) is 8.97. The number of aliphatic hydroxyl groups excluding tert-OH is 1. The quantitative estimate of drug-likeness (QED) is 0.633. The molecule has 0 aliphatic carbocycles. The van der Waals surface area contributed by atoms with Gasteiger partial charge in [-0.2, -0.15) is 0 Å². The van der Waals surface area contributed by atoms with Crippen LogP contribution in [0, 0.1) is 0 Å². The Morgan fingerprint density at radius 1 is 1.45 bits per heavy atom. The molecule has 1 fully saturated rings. The van der Waals surface area contributed by atoms with Crippen LogP contribution < -0.4 is 0 Å². The van der Waals surface area contributed by atoms with Crippen molar-refractivity contribution in [2.24, 2.45) is 0 Å². The maximum absolute atomic E-state index is 9.00. The summed E-state index contributed by atoms with van der Waals surface area (Å²) in [6.07, 6.45) is 1.02. The molecule has 0 bridgehead atoms. The number of ether oxygens (including phenoxy) is 1. The Morgan fingerprint density at radius 2 is 2.09 bits per heavy atom. The van der Waals surface area contributed by atoms with Crippen LogP contribution in [0.15, 0.2) is 0 Å². The lowest BCUT2D eigenvalue weighted by Crippen LogP contribution is -2.44. The molecule has 1 aliphatic heterocycles. The first-order valence-electron chi connectivity index (χ1n) is 4.31. The van der Waals surface area contributed by atoms with Gasteiger partial charge in [0.25, 0.3) is 0 Å². The first-order chi connectivity index (χ1) is 5.38. The van der Waals surface area contributed by atoms with E-state index in [1.54, 1.807) is 0 Å². The van der Waals surface area contributed by atoms with Crippen LogP contribution in [0.5, 0.6) is 0 Å². The minimum Gasteiger partial charge on any atom is -0.395 e. The lowest BCUT2D eigenvalue weighted by atomic mass is 10.2. The van der Waals surface area contributed by atoms with Crippen LogP contribution in [0.3, 0.4) is 0 Å². The van der Waals surface area contributed by atoms with Crippen LogP contribution in [0.2, 0.25) is 0 Å². The lowest BCUT2D eigenvalue weighted by Gasteiger charge is -2.32. The van der Waals surface area contributed by atoms with Crippen molar-refractivity contribution in [3.05, 3.63) is 0 Å². The van der Waals surface area contributed by atoms with Crippen molar-refractivity contribution in [2.75, 3.05) is 32.9 Å². The first-order valence-corrected chi connectivity index (χ1v) is 4.31. The molecule has 66 valence electrons. The molecule has 1 aliphatic rings. The summed E-state index contributed by atoms with van der Waals surface area (Å²) in [7, 11) is 0. The molecule has 0 unspecified atom stereocenters. The summed E-state index contributed by atoms with van der Waals surface area (Å²) < 4.78 is 5.22. The van der Waals surface area contributed by atoms with Crippen LogP contribution in [-0.4, -0.2) is 49.0 Å². The Bertz CT molecular complexity index is 98.3. The Hall–Kier alpha value is -0.120. The highest BCUT2D eigenvalue weighted by atomic mass is 16.5. The van der Waals surface area contributed by atoms with Gasteiger partial charge in [-0.1, -0.05) is 6.92 Å². The van der Waals surface area contributed by atoms with Crippen LogP contribution in [-0.2, 0) is 4.74 Å². The standard InChI is InChI=1S/C8H17NO2/c1-2-8(7-10)9-3-5-11-6-4-9/h8,10H,2-7H2,1H3/t8-/m1/s1. The maximum Gasteiger partial charge on any atom is 0.0594 e. The molecule has 1 heterocycles. The van der Waals surface area contributed by atoms with Gasteiger partial charge in [0.05, 0.1) is 19.8 Å². The second-order valence-electron chi connectivity index (χ2n) is 2.89. The SMILES string of the molecule is CC[C@H](CO)N1CCOCC1. The zero-order valence-corrected chi connectivity index (χ0v) is 7.12. The second kappa shape index (κ2) is 4.70. The third-order valence-electron chi connectivity index (χ3n) is 2.24. The molecule has 11 heavy (non-hydrogen) atoms. The van der Waals surface area contributed by atoms with E-state index in [2.05, 4.69) is 11.8 Å². The largest absolute Gasteiger partial charge is 0.395 e. The van der Waals surface area contributed by atoms with E-state index in [1.807, 2.05) is 0 Å². The van der Waals surface area contributed by atoms with Gasteiger partial charge in [0.1, 0.15) is 0 Å². The van der Waals surface area contributed by atoms with Crippen molar-refractivity contribution in [3.63, 3.8) is 0 Å². The molecule has 1 rings (SSSR count). The molecule has 0 aromatic rings. The van der Waals surface area contributed by atoms with Crippen molar-refractivity contribution in [3.8, 4) is 0 Å². The summed E-state index contributed by atoms with van der Waals surface area (Å²) in [6, 6.07) is 0.346. The van der Waals surface area contributed by atoms with Crippen LogP contribution in [0.4, 0.5) is 0 Å². The summed E-state index contributed by atoms with van der Waals surface area (Å²) in [5.41, 5.74) is 0.